The van der Waals surface area contributed by atoms with Gasteiger partial charge in [0.2, 0.25) is 10.0 Å². The zero-order valence-electron chi connectivity index (χ0n) is 10.6. The molecule has 0 atom stereocenters. The number of fused-ring (bicyclic) bond motifs is 1. The molecule has 5 heteroatoms. The highest BCUT2D eigenvalue weighted by atomic mass is 32.2. The van der Waals surface area contributed by atoms with Crippen LogP contribution in [0.5, 0.6) is 0 Å². The Morgan fingerprint density at radius 2 is 1.84 bits per heavy atom. The molecule has 4 nitrogen and oxygen atoms in total. The molecule has 0 fully saturated rings. The predicted molar refractivity (Wildman–Crippen MR) is 74.0 cm³/mol. The summed E-state index contributed by atoms with van der Waals surface area (Å²) in [7, 11) is -2.03. The Bertz CT molecular complexity index is 732. The number of benzene rings is 2. The van der Waals surface area contributed by atoms with E-state index in [1.54, 1.807) is 18.2 Å². The van der Waals surface area contributed by atoms with Gasteiger partial charge in [-0.1, -0.05) is 30.3 Å². The monoisotopic (exact) mass is 274 g/mol. The Morgan fingerprint density at radius 1 is 1.16 bits per heavy atom. The summed E-state index contributed by atoms with van der Waals surface area (Å²) < 4.78 is 25.8. The van der Waals surface area contributed by atoms with Crippen molar-refractivity contribution in [3.8, 4) is 6.07 Å². The summed E-state index contributed by atoms with van der Waals surface area (Å²) in [6, 6.07) is 14.6. The third-order valence-corrected chi connectivity index (χ3v) is 4.82. The van der Waals surface area contributed by atoms with Crippen molar-refractivity contribution in [3.63, 3.8) is 0 Å². The van der Waals surface area contributed by atoms with Crippen LogP contribution in [0.1, 0.15) is 6.42 Å². The maximum Gasteiger partial charge on any atom is 0.242 e. The number of nitriles is 1. The molecule has 0 bridgehead atoms. The molecular formula is C14H14N2O2S. The number of hydrogen-bond donors (Lipinski definition) is 0. The summed E-state index contributed by atoms with van der Waals surface area (Å²) in [5, 5.41) is 10.4. The lowest BCUT2D eigenvalue weighted by atomic mass is 10.1. The lowest BCUT2D eigenvalue weighted by molar-refractivity contribution is 0.476. The Labute approximate surface area is 112 Å². The molecule has 0 saturated carbocycles. The molecule has 2 rings (SSSR count). The highest BCUT2D eigenvalue weighted by Crippen LogP contribution is 2.21. The van der Waals surface area contributed by atoms with Crippen LogP contribution in [0.15, 0.2) is 47.4 Å². The molecule has 19 heavy (non-hydrogen) atoms. The Hall–Kier alpha value is -1.90. The van der Waals surface area contributed by atoms with Crippen LogP contribution in [-0.4, -0.2) is 26.3 Å². The van der Waals surface area contributed by atoms with E-state index in [0.29, 0.717) is 0 Å². The maximum atomic E-state index is 12.3. The van der Waals surface area contributed by atoms with Crippen LogP contribution in [0.4, 0.5) is 0 Å². The lowest BCUT2D eigenvalue weighted by Crippen LogP contribution is -2.27. The second kappa shape index (κ2) is 5.39. The van der Waals surface area contributed by atoms with Gasteiger partial charge >= 0.3 is 0 Å². The van der Waals surface area contributed by atoms with Gasteiger partial charge in [-0.2, -0.15) is 9.57 Å². The minimum Gasteiger partial charge on any atom is -0.207 e. The predicted octanol–water partition coefficient (Wildman–Crippen LogP) is 2.37. The lowest BCUT2D eigenvalue weighted by Gasteiger charge is -2.16. The Morgan fingerprint density at radius 3 is 2.53 bits per heavy atom. The summed E-state index contributed by atoms with van der Waals surface area (Å²) >= 11 is 0. The minimum atomic E-state index is -3.52. The molecule has 0 unspecified atom stereocenters. The second-order valence-corrected chi connectivity index (χ2v) is 6.29. The molecule has 0 heterocycles. The van der Waals surface area contributed by atoms with E-state index in [4.69, 9.17) is 5.26 Å². The van der Waals surface area contributed by atoms with E-state index in [0.717, 1.165) is 10.8 Å². The zero-order valence-corrected chi connectivity index (χ0v) is 11.4. The van der Waals surface area contributed by atoms with Crippen molar-refractivity contribution in [1.29, 1.82) is 5.26 Å². The van der Waals surface area contributed by atoms with Gasteiger partial charge in [-0.15, -0.1) is 0 Å². The molecule has 0 N–H and O–H groups in total. The highest BCUT2D eigenvalue weighted by molar-refractivity contribution is 7.89. The molecule has 0 aliphatic carbocycles. The smallest absolute Gasteiger partial charge is 0.207 e. The van der Waals surface area contributed by atoms with Crippen LogP contribution in [0, 0.1) is 11.3 Å². The van der Waals surface area contributed by atoms with Crippen molar-refractivity contribution < 1.29 is 8.42 Å². The highest BCUT2D eigenvalue weighted by Gasteiger charge is 2.20. The van der Waals surface area contributed by atoms with Crippen molar-refractivity contribution in [2.75, 3.05) is 13.6 Å². The fraction of sp³-hybridized carbons (Fsp3) is 0.214. The fourth-order valence-electron chi connectivity index (χ4n) is 1.84. The molecule has 0 spiro atoms. The van der Waals surface area contributed by atoms with E-state index >= 15 is 0 Å². The largest absolute Gasteiger partial charge is 0.242 e. The van der Waals surface area contributed by atoms with Crippen molar-refractivity contribution in [1.82, 2.24) is 4.31 Å². The summed E-state index contributed by atoms with van der Waals surface area (Å²) in [5.74, 6) is 0. The maximum absolute atomic E-state index is 12.3. The first-order chi connectivity index (χ1) is 9.05. The topological polar surface area (TPSA) is 61.2 Å². The molecule has 0 radical (unpaired) electrons. The first-order valence-corrected chi connectivity index (χ1v) is 7.32. The van der Waals surface area contributed by atoms with Crippen LogP contribution in [-0.2, 0) is 10.0 Å². The average Bonchev–Trinajstić information content (AvgIpc) is 2.44. The van der Waals surface area contributed by atoms with E-state index in [-0.39, 0.29) is 17.9 Å². The normalized spacial score (nSPS) is 11.6. The van der Waals surface area contributed by atoms with Gasteiger partial charge in [-0.3, -0.25) is 0 Å². The summed E-state index contributed by atoms with van der Waals surface area (Å²) in [6.45, 7) is 0.200. The van der Waals surface area contributed by atoms with Gasteiger partial charge in [0, 0.05) is 20.0 Å². The SMILES string of the molecule is CN(CCC#N)S(=O)(=O)c1ccc2ccccc2c1. The van der Waals surface area contributed by atoms with Gasteiger partial charge in [-0.25, -0.2) is 8.42 Å². The third kappa shape index (κ3) is 2.75. The zero-order chi connectivity index (χ0) is 13.9. The van der Waals surface area contributed by atoms with Gasteiger partial charge < -0.3 is 0 Å². The standard InChI is InChI=1S/C14H14N2O2S/c1-16(10-4-9-15)19(17,18)14-8-7-12-5-2-3-6-13(12)11-14/h2-3,5-8,11H,4,10H2,1H3. The van der Waals surface area contributed by atoms with Crippen LogP contribution >= 0.6 is 0 Å². The molecule has 0 saturated heterocycles. The van der Waals surface area contributed by atoms with Crippen molar-refractivity contribution >= 4 is 20.8 Å². The summed E-state index contributed by atoms with van der Waals surface area (Å²) in [6.07, 6.45) is 0.184. The van der Waals surface area contributed by atoms with Crippen LogP contribution in [0.2, 0.25) is 0 Å². The number of nitrogens with zero attached hydrogens (tertiary/aromatic N) is 2. The number of sulfonamides is 1. The van der Waals surface area contributed by atoms with E-state index in [1.807, 2.05) is 30.3 Å². The van der Waals surface area contributed by atoms with Crippen molar-refractivity contribution in [2.24, 2.45) is 0 Å². The Balaban J connectivity index is 2.40. The van der Waals surface area contributed by atoms with Crippen molar-refractivity contribution in [3.05, 3.63) is 42.5 Å². The molecule has 2 aromatic rings. The molecule has 98 valence electrons. The second-order valence-electron chi connectivity index (χ2n) is 4.24. The Kier molecular flexibility index (Phi) is 3.84. The van der Waals surface area contributed by atoms with E-state index < -0.39 is 10.0 Å². The first kappa shape index (κ1) is 13.5. The summed E-state index contributed by atoms with van der Waals surface area (Å²) in [5.41, 5.74) is 0. The molecule has 0 aliphatic rings. The van der Waals surface area contributed by atoms with Gasteiger partial charge in [0.25, 0.3) is 0 Å². The fourth-order valence-corrected chi connectivity index (χ4v) is 3.04. The van der Waals surface area contributed by atoms with Gasteiger partial charge in [0.15, 0.2) is 0 Å². The van der Waals surface area contributed by atoms with E-state index in [9.17, 15) is 8.42 Å². The first-order valence-electron chi connectivity index (χ1n) is 5.88. The number of rotatable bonds is 4. The summed E-state index contributed by atoms with van der Waals surface area (Å²) in [4.78, 5) is 0.256. The minimum absolute atomic E-state index is 0.184. The van der Waals surface area contributed by atoms with Crippen molar-refractivity contribution in [2.45, 2.75) is 11.3 Å². The van der Waals surface area contributed by atoms with E-state index in [2.05, 4.69) is 0 Å². The molecule has 0 aliphatic heterocycles. The third-order valence-electron chi connectivity index (χ3n) is 2.97. The molecule has 0 aromatic heterocycles. The van der Waals surface area contributed by atoms with Gasteiger partial charge in [0.1, 0.15) is 0 Å². The van der Waals surface area contributed by atoms with Gasteiger partial charge in [0.05, 0.1) is 11.0 Å². The quantitative estimate of drug-likeness (QED) is 0.860. The average molecular weight is 274 g/mol. The molecule has 2 aromatic carbocycles. The van der Waals surface area contributed by atoms with Crippen LogP contribution in [0.25, 0.3) is 10.8 Å². The molecular weight excluding hydrogens is 260 g/mol. The van der Waals surface area contributed by atoms with Crippen LogP contribution < -0.4 is 0 Å². The number of hydrogen-bond acceptors (Lipinski definition) is 3. The van der Waals surface area contributed by atoms with E-state index in [1.165, 1.54) is 11.4 Å². The van der Waals surface area contributed by atoms with Gasteiger partial charge in [-0.05, 0) is 22.9 Å². The van der Waals surface area contributed by atoms with Crippen LogP contribution in [0.3, 0.4) is 0 Å². The molecule has 0 amide bonds.